The monoisotopic (exact) mass is 287 g/mol. The van der Waals surface area contributed by atoms with Crippen LogP contribution in [-0.2, 0) is 11.2 Å². The van der Waals surface area contributed by atoms with Crippen molar-refractivity contribution in [2.75, 3.05) is 19.8 Å². The number of hydrogen-bond acceptors (Lipinski definition) is 2. The van der Waals surface area contributed by atoms with Gasteiger partial charge >= 0.3 is 0 Å². The van der Waals surface area contributed by atoms with Gasteiger partial charge in [-0.2, -0.15) is 0 Å². The van der Waals surface area contributed by atoms with Gasteiger partial charge in [0.05, 0.1) is 5.02 Å². The highest BCUT2D eigenvalue weighted by Gasteiger charge is 2.10. The summed E-state index contributed by atoms with van der Waals surface area (Å²) in [4.78, 5) is 0. The Hall–Kier alpha value is -0.640. The molecule has 0 amide bonds. The zero-order valence-electron chi connectivity index (χ0n) is 11.7. The number of likely N-dealkylation sites (N-methyl/N-ethyl adjacent to an activating group) is 1. The fourth-order valence-electron chi connectivity index (χ4n) is 1.99. The molecule has 19 heavy (non-hydrogen) atoms. The molecule has 0 bridgehead atoms. The molecule has 0 fully saturated rings. The Balaban J connectivity index is 2.49. The van der Waals surface area contributed by atoms with Crippen molar-refractivity contribution in [3.63, 3.8) is 0 Å². The number of rotatable bonds is 9. The molecule has 0 aliphatic carbocycles. The third kappa shape index (κ3) is 6.37. The predicted octanol–water partition coefficient (Wildman–Crippen LogP) is 3.82. The third-order valence-electron chi connectivity index (χ3n) is 2.92. The highest BCUT2D eigenvalue weighted by atomic mass is 35.5. The second kappa shape index (κ2) is 9.29. The van der Waals surface area contributed by atoms with Gasteiger partial charge in [0.25, 0.3) is 0 Å². The molecule has 1 N–H and O–H groups in total. The second-order valence-corrected chi connectivity index (χ2v) is 5.02. The van der Waals surface area contributed by atoms with Crippen molar-refractivity contribution in [3.8, 4) is 0 Å². The highest BCUT2D eigenvalue weighted by Crippen LogP contribution is 2.17. The van der Waals surface area contributed by atoms with Crippen molar-refractivity contribution in [3.05, 3.63) is 34.6 Å². The van der Waals surface area contributed by atoms with Crippen LogP contribution in [0.15, 0.2) is 18.2 Å². The number of halogens is 2. The molecule has 4 heteroatoms. The maximum Gasteiger partial charge on any atom is 0.141 e. The minimum Gasteiger partial charge on any atom is -0.381 e. The first-order chi connectivity index (χ1) is 9.17. The van der Waals surface area contributed by atoms with Gasteiger partial charge in [-0.05, 0) is 43.5 Å². The summed E-state index contributed by atoms with van der Waals surface area (Å²) in [5, 5.41) is 3.62. The molecular weight excluding hydrogens is 265 g/mol. The lowest BCUT2D eigenvalue weighted by atomic mass is 10.0. The van der Waals surface area contributed by atoms with E-state index in [9.17, 15) is 4.39 Å². The Morgan fingerprint density at radius 3 is 2.74 bits per heavy atom. The van der Waals surface area contributed by atoms with Crippen molar-refractivity contribution < 1.29 is 9.13 Å². The summed E-state index contributed by atoms with van der Waals surface area (Å²) in [5.41, 5.74) is 1.05. The highest BCUT2D eigenvalue weighted by molar-refractivity contribution is 6.30. The third-order valence-corrected chi connectivity index (χ3v) is 3.21. The normalized spacial score (nSPS) is 12.6. The Kier molecular flexibility index (Phi) is 8.03. The summed E-state index contributed by atoms with van der Waals surface area (Å²) in [5.74, 6) is -0.364. The van der Waals surface area contributed by atoms with Crippen molar-refractivity contribution in [2.24, 2.45) is 0 Å². The van der Waals surface area contributed by atoms with E-state index in [1.807, 2.05) is 0 Å². The molecule has 2 nitrogen and oxygen atoms in total. The van der Waals surface area contributed by atoms with E-state index in [0.717, 1.165) is 44.6 Å². The summed E-state index contributed by atoms with van der Waals surface area (Å²) in [7, 11) is 0. The van der Waals surface area contributed by atoms with Crippen LogP contribution >= 0.6 is 11.6 Å². The lowest BCUT2D eigenvalue weighted by molar-refractivity contribution is 0.124. The molecule has 1 unspecified atom stereocenters. The maximum absolute atomic E-state index is 13.1. The minimum atomic E-state index is -0.364. The smallest absolute Gasteiger partial charge is 0.141 e. The first-order valence-electron chi connectivity index (χ1n) is 6.92. The van der Waals surface area contributed by atoms with Gasteiger partial charge in [-0.15, -0.1) is 0 Å². The fourth-order valence-corrected chi connectivity index (χ4v) is 2.19. The van der Waals surface area contributed by atoms with E-state index in [1.165, 1.54) is 6.07 Å². The molecule has 0 aliphatic rings. The van der Waals surface area contributed by atoms with Crippen LogP contribution in [0, 0.1) is 5.82 Å². The van der Waals surface area contributed by atoms with E-state index in [-0.39, 0.29) is 10.8 Å². The quantitative estimate of drug-likeness (QED) is 0.697. The Bertz CT molecular complexity index is 373. The number of hydrogen-bond donors (Lipinski definition) is 1. The van der Waals surface area contributed by atoms with Crippen LogP contribution in [0.5, 0.6) is 0 Å². The van der Waals surface area contributed by atoms with Gasteiger partial charge in [-0.3, -0.25) is 0 Å². The Labute approximate surface area is 120 Å². The zero-order valence-corrected chi connectivity index (χ0v) is 12.5. The van der Waals surface area contributed by atoms with E-state index < -0.39 is 0 Å². The Morgan fingerprint density at radius 2 is 2.11 bits per heavy atom. The van der Waals surface area contributed by atoms with Crippen molar-refractivity contribution in [2.45, 2.75) is 39.2 Å². The van der Waals surface area contributed by atoms with Gasteiger partial charge in [-0.1, -0.05) is 31.5 Å². The van der Waals surface area contributed by atoms with Crippen molar-refractivity contribution in [1.82, 2.24) is 5.32 Å². The number of nitrogens with one attached hydrogen (secondary N) is 1. The molecule has 0 saturated heterocycles. The molecule has 0 spiro atoms. The molecule has 1 aromatic rings. The SMILES string of the molecule is CCCOCCC(Cc1ccc(F)c(Cl)c1)NCC. The van der Waals surface area contributed by atoms with Gasteiger partial charge < -0.3 is 10.1 Å². The maximum atomic E-state index is 13.1. The van der Waals surface area contributed by atoms with Gasteiger partial charge in [-0.25, -0.2) is 4.39 Å². The van der Waals surface area contributed by atoms with Gasteiger partial charge in [0.2, 0.25) is 0 Å². The number of benzene rings is 1. The number of ether oxygens (including phenoxy) is 1. The predicted molar refractivity (Wildman–Crippen MR) is 78.3 cm³/mol. The minimum absolute atomic E-state index is 0.190. The summed E-state index contributed by atoms with van der Waals surface area (Å²) in [6.07, 6.45) is 2.83. The van der Waals surface area contributed by atoms with Gasteiger partial charge in [0, 0.05) is 19.3 Å². The molecule has 108 valence electrons. The van der Waals surface area contributed by atoms with Crippen LogP contribution in [0.2, 0.25) is 5.02 Å². The average Bonchev–Trinajstić information content (AvgIpc) is 2.39. The van der Waals surface area contributed by atoms with Crippen molar-refractivity contribution in [1.29, 1.82) is 0 Å². The van der Waals surface area contributed by atoms with Crippen LogP contribution < -0.4 is 5.32 Å². The molecular formula is C15H23ClFNO. The lowest BCUT2D eigenvalue weighted by Gasteiger charge is -2.18. The van der Waals surface area contributed by atoms with E-state index in [4.69, 9.17) is 16.3 Å². The van der Waals surface area contributed by atoms with E-state index >= 15 is 0 Å². The summed E-state index contributed by atoms with van der Waals surface area (Å²) in [6.45, 7) is 6.65. The fraction of sp³-hybridized carbons (Fsp3) is 0.600. The molecule has 0 heterocycles. The molecule has 1 atom stereocenters. The van der Waals surface area contributed by atoms with E-state index in [0.29, 0.717) is 6.04 Å². The van der Waals surface area contributed by atoms with Crippen LogP contribution in [0.25, 0.3) is 0 Å². The summed E-state index contributed by atoms with van der Waals surface area (Å²) in [6, 6.07) is 5.25. The van der Waals surface area contributed by atoms with E-state index in [1.54, 1.807) is 12.1 Å². The zero-order chi connectivity index (χ0) is 14.1. The molecule has 1 aromatic carbocycles. The van der Waals surface area contributed by atoms with E-state index in [2.05, 4.69) is 19.2 Å². The lowest BCUT2D eigenvalue weighted by Crippen LogP contribution is -2.32. The van der Waals surface area contributed by atoms with Crippen LogP contribution in [0.4, 0.5) is 4.39 Å². The molecule has 0 aliphatic heterocycles. The van der Waals surface area contributed by atoms with Gasteiger partial charge in [0.15, 0.2) is 0 Å². The molecule has 0 aromatic heterocycles. The van der Waals surface area contributed by atoms with Crippen LogP contribution in [-0.4, -0.2) is 25.8 Å². The standard InChI is InChI=1S/C15H23ClFNO/c1-3-8-19-9-7-13(18-4-2)10-12-5-6-15(17)14(16)11-12/h5-6,11,13,18H,3-4,7-10H2,1-2H3. The topological polar surface area (TPSA) is 21.3 Å². The summed E-state index contributed by atoms with van der Waals surface area (Å²) >= 11 is 5.80. The summed E-state index contributed by atoms with van der Waals surface area (Å²) < 4.78 is 18.6. The van der Waals surface area contributed by atoms with Crippen LogP contribution in [0.3, 0.4) is 0 Å². The first-order valence-corrected chi connectivity index (χ1v) is 7.30. The molecule has 0 saturated carbocycles. The van der Waals surface area contributed by atoms with Gasteiger partial charge in [0.1, 0.15) is 5.82 Å². The first kappa shape index (κ1) is 16.4. The largest absolute Gasteiger partial charge is 0.381 e. The second-order valence-electron chi connectivity index (χ2n) is 4.61. The Morgan fingerprint density at radius 1 is 1.32 bits per heavy atom. The molecule has 0 radical (unpaired) electrons. The molecule has 1 rings (SSSR count). The van der Waals surface area contributed by atoms with Crippen molar-refractivity contribution >= 4 is 11.6 Å². The average molecular weight is 288 g/mol. The van der Waals surface area contributed by atoms with Crippen LogP contribution in [0.1, 0.15) is 32.3 Å².